The summed E-state index contributed by atoms with van der Waals surface area (Å²) in [4.78, 5) is 23.3. The number of benzene rings is 3. The molecule has 0 aliphatic rings. The third kappa shape index (κ3) is 6.07. The summed E-state index contributed by atoms with van der Waals surface area (Å²) in [5.41, 5.74) is 5.88. The van der Waals surface area contributed by atoms with E-state index in [1.54, 1.807) is 18.2 Å². The monoisotopic (exact) mass is 609 g/mol. The van der Waals surface area contributed by atoms with E-state index in [-0.39, 0.29) is 16.3 Å². The molecular formula is C27H24BrN5O5S. The molecule has 12 heteroatoms. The molecule has 0 fully saturated rings. The van der Waals surface area contributed by atoms with Gasteiger partial charge in [0.05, 0.1) is 27.4 Å². The minimum absolute atomic E-state index is 0.0285. The second kappa shape index (κ2) is 11.6. The third-order valence-electron chi connectivity index (χ3n) is 5.92. The molecule has 10 nitrogen and oxygen atoms in total. The van der Waals surface area contributed by atoms with Gasteiger partial charge in [-0.25, -0.2) is 13.8 Å². The van der Waals surface area contributed by atoms with Crippen LogP contribution < -0.4 is 9.73 Å². The quantitative estimate of drug-likeness (QED) is 0.160. The van der Waals surface area contributed by atoms with E-state index in [1.807, 2.05) is 44.2 Å². The number of para-hydroxylation sites is 1. The van der Waals surface area contributed by atoms with Gasteiger partial charge >= 0.3 is 0 Å². The van der Waals surface area contributed by atoms with Gasteiger partial charge in [0.25, 0.3) is 21.6 Å². The van der Waals surface area contributed by atoms with E-state index in [0.717, 1.165) is 31.4 Å². The van der Waals surface area contributed by atoms with E-state index in [4.69, 9.17) is 0 Å². The highest BCUT2D eigenvalue weighted by Crippen LogP contribution is 2.27. The first-order valence-electron chi connectivity index (χ1n) is 11.7. The number of nitro groups is 1. The molecule has 1 heterocycles. The van der Waals surface area contributed by atoms with Crippen LogP contribution in [0.1, 0.15) is 17.0 Å². The second-order valence-electron chi connectivity index (χ2n) is 8.50. The second-order valence-corrected chi connectivity index (χ2v) is 11.2. The smallest absolute Gasteiger partial charge is 0.269 e. The maximum Gasteiger partial charge on any atom is 0.269 e. The Morgan fingerprint density at radius 1 is 1.05 bits per heavy atom. The number of aromatic nitrogens is 1. The number of nitrogens with one attached hydrogen (secondary N) is 1. The number of sulfonamides is 1. The Hall–Kier alpha value is -4.29. The van der Waals surface area contributed by atoms with Gasteiger partial charge in [0.2, 0.25) is 0 Å². The van der Waals surface area contributed by atoms with E-state index >= 15 is 0 Å². The molecule has 4 aromatic rings. The van der Waals surface area contributed by atoms with Crippen LogP contribution >= 0.6 is 15.9 Å². The van der Waals surface area contributed by atoms with Crippen molar-refractivity contribution in [1.29, 1.82) is 0 Å². The molecule has 0 spiro atoms. The van der Waals surface area contributed by atoms with Crippen LogP contribution in [-0.2, 0) is 14.8 Å². The van der Waals surface area contributed by atoms with Crippen LogP contribution in [0, 0.1) is 24.0 Å². The average molecular weight is 610 g/mol. The van der Waals surface area contributed by atoms with E-state index in [9.17, 15) is 23.3 Å². The third-order valence-corrected chi connectivity index (χ3v) is 8.38. The molecule has 0 atom stereocenters. The number of carbonyl (C=O) groups excluding carboxylic acids is 1. The number of halogens is 1. The lowest BCUT2D eigenvalue weighted by Gasteiger charge is -2.23. The fourth-order valence-electron chi connectivity index (χ4n) is 4.04. The summed E-state index contributed by atoms with van der Waals surface area (Å²) in [6, 6.07) is 22.3. The van der Waals surface area contributed by atoms with Gasteiger partial charge in [0, 0.05) is 33.6 Å². The van der Waals surface area contributed by atoms with Gasteiger partial charge in [-0.2, -0.15) is 5.10 Å². The SMILES string of the molecule is Cc1cc(/C=N\NC(=O)CN(c2ccc([N+](=O)[O-])cc2)S(=O)(=O)c2ccccc2)c(C)n1-c1ccccc1Br. The first-order valence-corrected chi connectivity index (χ1v) is 13.9. The summed E-state index contributed by atoms with van der Waals surface area (Å²) in [5, 5.41) is 15.1. The van der Waals surface area contributed by atoms with Crippen molar-refractivity contribution in [2.45, 2.75) is 18.7 Å². The first-order chi connectivity index (χ1) is 18.6. The van der Waals surface area contributed by atoms with Crippen LogP contribution in [0.3, 0.4) is 0 Å². The fraction of sp³-hybridized carbons (Fsp3) is 0.111. The fourth-order valence-corrected chi connectivity index (χ4v) is 5.94. The number of hydrogen-bond acceptors (Lipinski definition) is 6. The zero-order chi connectivity index (χ0) is 28.2. The van der Waals surface area contributed by atoms with Crippen molar-refractivity contribution in [3.63, 3.8) is 0 Å². The molecule has 0 saturated carbocycles. The normalized spacial score (nSPS) is 11.5. The van der Waals surface area contributed by atoms with Crippen LogP contribution in [-0.4, -0.2) is 36.6 Å². The predicted octanol–water partition coefficient (Wildman–Crippen LogP) is 5.11. The number of aryl methyl sites for hydroxylation is 1. The lowest BCUT2D eigenvalue weighted by molar-refractivity contribution is -0.384. The van der Waals surface area contributed by atoms with Crippen LogP contribution in [0.25, 0.3) is 5.69 Å². The number of hydrogen-bond donors (Lipinski definition) is 1. The van der Waals surface area contributed by atoms with Crippen LogP contribution in [0.4, 0.5) is 11.4 Å². The lowest BCUT2D eigenvalue weighted by atomic mass is 10.2. The Labute approximate surface area is 233 Å². The minimum atomic E-state index is -4.16. The maximum atomic E-state index is 13.4. The lowest BCUT2D eigenvalue weighted by Crippen LogP contribution is -2.39. The summed E-state index contributed by atoms with van der Waals surface area (Å²) in [6.45, 7) is 3.29. The van der Waals surface area contributed by atoms with Gasteiger partial charge in [0.1, 0.15) is 6.54 Å². The minimum Gasteiger partial charge on any atom is -0.317 e. The number of carbonyl (C=O) groups is 1. The number of non-ortho nitro benzene ring substituents is 1. The largest absolute Gasteiger partial charge is 0.317 e. The Kier molecular flexibility index (Phi) is 8.27. The van der Waals surface area contributed by atoms with Crippen molar-refractivity contribution in [3.05, 3.63) is 116 Å². The molecule has 1 aromatic heterocycles. The molecule has 0 bridgehead atoms. The summed E-state index contributed by atoms with van der Waals surface area (Å²) in [5.74, 6) is -0.691. The summed E-state index contributed by atoms with van der Waals surface area (Å²) in [7, 11) is -4.16. The zero-order valence-electron chi connectivity index (χ0n) is 21.0. The summed E-state index contributed by atoms with van der Waals surface area (Å²) >= 11 is 3.57. The van der Waals surface area contributed by atoms with Crippen LogP contribution in [0.15, 0.2) is 99.4 Å². The van der Waals surface area contributed by atoms with Crippen molar-refractivity contribution >= 4 is 49.4 Å². The molecule has 4 rings (SSSR count). The van der Waals surface area contributed by atoms with E-state index < -0.39 is 27.4 Å². The van der Waals surface area contributed by atoms with Crippen molar-refractivity contribution in [3.8, 4) is 5.69 Å². The Bertz CT molecular complexity index is 1650. The van der Waals surface area contributed by atoms with Gasteiger partial charge in [-0.3, -0.25) is 19.2 Å². The van der Waals surface area contributed by atoms with Crippen LogP contribution in [0.2, 0.25) is 0 Å². The molecule has 0 saturated heterocycles. The highest BCUT2D eigenvalue weighted by Gasteiger charge is 2.27. The topological polar surface area (TPSA) is 127 Å². The summed E-state index contributed by atoms with van der Waals surface area (Å²) in [6.07, 6.45) is 1.50. The molecule has 0 aliphatic heterocycles. The predicted molar refractivity (Wildman–Crippen MR) is 153 cm³/mol. The number of anilines is 1. The van der Waals surface area contributed by atoms with Crippen molar-refractivity contribution in [1.82, 2.24) is 9.99 Å². The van der Waals surface area contributed by atoms with Gasteiger partial charge in [-0.05, 0) is 72.2 Å². The molecule has 1 N–H and O–H groups in total. The molecule has 39 heavy (non-hydrogen) atoms. The van der Waals surface area contributed by atoms with Gasteiger partial charge in [-0.1, -0.05) is 30.3 Å². The molecule has 1 amide bonds. The number of nitro benzene ring substituents is 1. The van der Waals surface area contributed by atoms with Gasteiger partial charge in [-0.15, -0.1) is 0 Å². The zero-order valence-corrected chi connectivity index (χ0v) is 23.4. The number of hydrazone groups is 1. The van der Waals surface area contributed by atoms with Crippen molar-refractivity contribution < 1.29 is 18.1 Å². The highest BCUT2D eigenvalue weighted by molar-refractivity contribution is 9.10. The summed E-state index contributed by atoms with van der Waals surface area (Å²) < 4.78 is 30.7. The van der Waals surface area contributed by atoms with Crippen LogP contribution in [0.5, 0.6) is 0 Å². The average Bonchev–Trinajstić information content (AvgIpc) is 3.20. The van der Waals surface area contributed by atoms with Crippen molar-refractivity contribution in [2.24, 2.45) is 5.10 Å². The Morgan fingerprint density at radius 2 is 1.69 bits per heavy atom. The molecule has 200 valence electrons. The molecule has 3 aromatic carbocycles. The Balaban J connectivity index is 1.56. The highest BCUT2D eigenvalue weighted by atomic mass is 79.9. The maximum absolute atomic E-state index is 13.4. The number of amides is 1. The van der Waals surface area contributed by atoms with E-state index in [2.05, 4.69) is 31.0 Å². The van der Waals surface area contributed by atoms with Gasteiger partial charge < -0.3 is 4.57 Å². The standard InChI is InChI=1S/C27H24BrN5O5S/c1-19-16-21(20(2)32(19)26-11-7-6-10-25(26)28)17-29-30-27(34)18-31(22-12-14-23(15-13-22)33(35)36)39(37,38)24-8-4-3-5-9-24/h3-17H,18H2,1-2H3,(H,30,34)/b29-17-. The number of rotatable bonds is 9. The molecule has 0 unspecified atom stereocenters. The van der Waals surface area contributed by atoms with Crippen molar-refractivity contribution in [2.75, 3.05) is 10.8 Å². The number of nitrogens with zero attached hydrogens (tertiary/aromatic N) is 4. The molecule has 0 radical (unpaired) electrons. The Morgan fingerprint density at radius 3 is 2.33 bits per heavy atom. The van der Waals surface area contributed by atoms with E-state index in [0.29, 0.717) is 0 Å². The molecular weight excluding hydrogens is 586 g/mol. The van der Waals surface area contributed by atoms with E-state index in [1.165, 1.54) is 42.6 Å². The first kappa shape index (κ1) is 27.7. The van der Waals surface area contributed by atoms with Gasteiger partial charge in [0.15, 0.2) is 0 Å². The molecule has 0 aliphatic carbocycles.